The minimum Gasteiger partial charge on any atom is -0.322 e. The van der Waals surface area contributed by atoms with E-state index in [9.17, 15) is 0 Å². The van der Waals surface area contributed by atoms with Crippen molar-refractivity contribution in [1.82, 2.24) is 0 Å². The lowest BCUT2D eigenvalue weighted by Gasteiger charge is -2.23. The van der Waals surface area contributed by atoms with Crippen LogP contribution in [-0.4, -0.2) is 14.1 Å². The van der Waals surface area contributed by atoms with Crippen LogP contribution in [0.25, 0.3) is 0 Å². The fourth-order valence-electron chi connectivity index (χ4n) is 0.615. The van der Waals surface area contributed by atoms with Crippen LogP contribution in [0.5, 0.6) is 0 Å². The molecule has 0 unspecified atom stereocenters. The summed E-state index contributed by atoms with van der Waals surface area (Å²) in [7, 11) is -2.69. The Morgan fingerprint density at radius 1 is 1.67 bits per heavy atom. The lowest BCUT2D eigenvalue weighted by Crippen LogP contribution is -2.05. The molecule has 0 aromatic carbocycles. The van der Waals surface area contributed by atoms with Gasteiger partial charge in [0, 0.05) is 11.8 Å². The summed E-state index contributed by atoms with van der Waals surface area (Å²) in [5.74, 6) is 4.86. The lowest BCUT2D eigenvalue weighted by atomic mass is 10.5. The SMILES string of the molecule is NN=C1CC=CS1(O)O. The Hall–Kier alpha value is -0.520. The molecule has 0 aromatic heterocycles. The second-order valence-electron chi connectivity index (χ2n) is 1.69. The topological polar surface area (TPSA) is 78.8 Å². The third kappa shape index (κ3) is 1.07. The number of hydrogen-bond acceptors (Lipinski definition) is 4. The van der Waals surface area contributed by atoms with Crippen molar-refractivity contribution in [3.8, 4) is 0 Å². The van der Waals surface area contributed by atoms with E-state index < -0.39 is 10.6 Å². The van der Waals surface area contributed by atoms with Crippen molar-refractivity contribution >= 4 is 15.6 Å². The van der Waals surface area contributed by atoms with Crippen LogP contribution in [0.15, 0.2) is 16.6 Å². The van der Waals surface area contributed by atoms with Crippen molar-refractivity contribution in [2.24, 2.45) is 10.9 Å². The Balaban J connectivity index is 2.84. The molecule has 0 saturated heterocycles. The Morgan fingerprint density at radius 2 is 2.33 bits per heavy atom. The highest BCUT2D eigenvalue weighted by Gasteiger charge is 2.20. The number of hydrogen-bond donors (Lipinski definition) is 3. The first-order valence-corrected chi connectivity index (χ1v) is 3.99. The predicted octanol–water partition coefficient (Wildman–Crippen LogP) is 0.927. The summed E-state index contributed by atoms with van der Waals surface area (Å²) in [6, 6.07) is 0. The molecule has 1 aliphatic heterocycles. The Labute approximate surface area is 54.4 Å². The van der Waals surface area contributed by atoms with E-state index in [0.29, 0.717) is 6.42 Å². The third-order valence-electron chi connectivity index (χ3n) is 1.07. The van der Waals surface area contributed by atoms with Gasteiger partial charge < -0.3 is 5.84 Å². The number of hydrazone groups is 1. The number of rotatable bonds is 0. The van der Waals surface area contributed by atoms with Crippen molar-refractivity contribution in [3.05, 3.63) is 11.5 Å². The van der Waals surface area contributed by atoms with Gasteiger partial charge >= 0.3 is 0 Å². The van der Waals surface area contributed by atoms with E-state index in [-0.39, 0.29) is 5.04 Å². The van der Waals surface area contributed by atoms with Gasteiger partial charge in [-0.2, -0.15) is 5.10 Å². The molecular weight excluding hydrogens is 140 g/mol. The third-order valence-corrected chi connectivity index (χ3v) is 2.61. The Bertz CT molecular complexity index is 175. The highest BCUT2D eigenvalue weighted by Crippen LogP contribution is 2.47. The van der Waals surface area contributed by atoms with Crippen molar-refractivity contribution in [1.29, 1.82) is 0 Å². The largest absolute Gasteiger partial charge is 0.322 e. The molecule has 0 aliphatic carbocycles. The van der Waals surface area contributed by atoms with Crippen LogP contribution in [0.1, 0.15) is 6.42 Å². The highest BCUT2D eigenvalue weighted by molar-refractivity contribution is 8.39. The van der Waals surface area contributed by atoms with E-state index in [4.69, 9.17) is 14.9 Å². The van der Waals surface area contributed by atoms with Crippen LogP contribution in [0.2, 0.25) is 0 Å². The molecule has 0 spiro atoms. The maximum atomic E-state index is 9.00. The normalized spacial score (nSPS) is 31.1. The molecule has 0 fully saturated rings. The smallest absolute Gasteiger partial charge is 0.151 e. The van der Waals surface area contributed by atoms with Gasteiger partial charge in [0.15, 0.2) is 5.04 Å². The molecule has 4 nitrogen and oxygen atoms in total. The first-order valence-electron chi connectivity index (χ1n) is 2.38. The van der Waals surface area contributed by atoms with Gasteiger partial charge in [-0.25, -0.2) is 0 Å². The number of allylic oxidation sites excluding steroid dienone is 1. The number of nitrogens with two attached hydrogens (primary N) is 1. The average molecular weight is 148 g/mol. The molecule has 52 valence electrons. The van der Waals surface area contributed by atoms with Gasteiger partial charge in [-0.3, -0.25) is 9.11 Å². The molecule has 0 saturated carbocycles. The van der Waals surface area contributed by atoms with E-state index in [1.807, 2.05) is 0 Å². The standard InChI is InChI=1S/C4H8N2O2S/c5-6-4-2-1-3-9(4,7)8/h1,3,7-8H,2,5H2. The fraction of sp³-hybridized carbons (Fsp3) is 0.250. The predicted molar refractivity (Wildman–Crippen MR) is 38.2 cm³/mol. The van der Waals surface area contributed by atoms with Crippen LogP contribution < -0.4 is 5.84 Å². The molecule has 1 rings (SSSR count). The highest BCUT2D eigenvalue weighted by atomic mass is 32.3. The van der Waals surface area contributed by atoms with Crippen LogP contribution in [0.3, 0.4) is 0 Å². The molecule has 0 radical (unpaired) electrons. The van der Waals surface area contributed by atoms with Crippen molar-refractivity contribution in [2.75, 3.05) is 0 Å². The van der Waals surface area contributed by atoms with Gasteiger partial charge in [0.05, 0.1) is 0 Å². The maximum Gasteiger partial charge on any atom is 0.151 e. The Morgan fingerprint density at radius 3 is 2.56 bits per heavy atom. The zero-order chi connectivity index (χ0) is 6.91. The molecular formula is C4H8N2O2S. The first-order chi connectivity index (χ1) is 4.17. The Kier molecular flexibility index (Phi) is 1.48. The summed E-state index contributed by atoms with van der Waals surface area (Å²) in [5, 5.41) is 4.83. The molecule has 0 aromatic rings. The van der Waals surface area contributed by atoms with Gasteiger partial charge in [0.25, 0.3) is 0 Å². The van der Waals surface area contributed by atoms with Crippen LogP contribution in [-0.2, 0) is 0 Å². The van der Waals surface area contributed by atoms with E-state index in [2.05, 4.69) is 5.10 Å². The van der Waals surface area contributed by atoms with Crippen LogP contribution in [0.4, 0.5) is 0 Å². The minimum absolute atomic E-state index is 0.266. The van der Waals surface area contributed by atoms with E-state index in [1.54, 1.807) is 6.08 Å². The molecule has 0 bridgehead atoms. The molecule has 1 aliphatic rings. The maximum absolute atomic E-state index is 9.00. The molecule has 5 heteroatoms. The monoisotopic (exact) mass is 148 g/mol. The summed E-state index contributed by atoms with van der Waals surface area (Å²) in [6.07, 6.45) is 2.10. The summed E-state index contributed by atoms with van der Waals surface area (Å²) < 4.78 is 18.0. The molecule has 0 amide bonds. The van der Waals surface area contributed by atoms with Gasteiger partial charge in [0.2, 0.25) is 0 Å². The van der Waals surface area contributed by atoms with E-state index in [0.717, 1.165) is 0 Å². The molecule has 9 heavy (non-hydrogen) atoms. The van der Waals surface area contributed by atoms with E-state index in [1.165, 1.54) is 5.41 Å². The van der Waals surface area contributed by atoms with E-state index >= 15 is 0 Å². The second kappa shape index (κ2) is 2.02. The summed E-state index contributed by atoms with van der Waals surface area (Å²) in [5.41, 5.74) is 0. The zero-order valence-electron chi connectivity index (χ0n) is 4.69. The number of nitrogens with zero attached hydrogens (tertiary/aromatic N) is 1. The molecule has 1 heterocycles. The van der Waals surface area contributed by atoms with Crippen LogP contribution in [0, 0.1) is 0 Å². The van der Waals surface area contributed by atoms with Crippen molar-refractivity contribution in [3.63, 3.8) is 0 Å². The second-order valence-corrected chi connectivity index (χ2v) is 3.62. The van der Waals surface area contributed by atoms with Gasteiger partial charge in [0.1, 0.15) is 0 Å². The quantitative estimate of drug-likeness (QED) is 0.353. The lowest BCUT2D eigenvalue weighted by molar-refractivity contribution is 0.516. The van der Waals surface area contributed by atoms with Crippen molar-refractivity contribution < 1.29 is 9.11 Å². The van der Waals surface area contributed by atoms with Crippen LogP contribution >= 0.6 is 10.6 Å². The van der Waals surface area contributed by atoms with Crippen molar-refractivity contribution in [2.45, 2.75) is 6.42 Å². The summed E-state index contributed by atoms with van der Waals surface area (Å²) >= 11 is 0. The first kappa shape index (κ1) is 6.60. The van der Waals surface area contributed by atoms with Gasteiger partial charge in [-0.1, -0.05) is 6.08 Å². The zero-order valence-corrected chi connectivity index (χ0v) is 5.51. The molecule has 4 N–H and O–H groups in total. The summed E-state index contributed by atoms with van der Waals surface area (Å²) in [6.45, 7) is 0. The van der Waals surface area contributed by atoms with Gasteiger partial charge in [-0.15, -0.1) is 10.6 Å². The summed E-state index contributed by atoms with van der Waals surface area (Å²) in [4.78, 5) is 0. The fourth-order valence-corrected chi connectivity index (χ4v) is 1.63. The molecule has 0 atom stereocenters. The average Bonchev–Trinajstić information content (AvgIpc) is 2.08. The minimum atomic E-state index is -2.69. The van der Waals surface area contributed by atoms with Gasteiger partial charge in [-0.05, 0) is 0 Å².